The molecule has 0 unspecified atom stereocenters. The average molecular weight is 734 g/mol. The van der Waals surface area contributed by atoms with Gasteiger partial charge >= 0.3 is 0 Å². The Morgan fingerprint density at radius 3 is 1.80 bits per heavy atom. The third-order valence-corrected chi connectivity index (χ3v) is 12.3. The van der Waals surface area contributed by atoms with Gasteiger partial charge in [0.05, 0.1) is 27.8 Å². The fourth-order valence-corrected chi connectivity index (χ4v) is 9.89. The molecule has 0 spiro atoms. The van der Waals surface area contributed by atoms with Crippen molar-refractivity contribution in [2.45, 2.75) is 0 Å². The number of hydrogen-bond donors (Lipinski definition) is 0. The van der Waals surface area contributed by atoms with E-state index in [1.54, 1.807) is 0 Å². The van der Waals surface area contributed by atoms with Crippen molar-refractivity contribution < 1.29 is 0 Å². The smallest absolute Gasteiger partial charge is 0.182 e. The second kappa shape index (κ2) is 12.1. The van der Waals surface area contributed by atoms with Gasteiger partial charge in [-0.05, 0) is 60.7 Å². The zero-order chi connectivity index (χ0) is 36.7. The van der Waals surface area contributed by atoms with E-state index >= 15 is 0 Å². The molecule has 0 N–H and O–H groups in total. The minimum Gasteiger partial charge on any atom is -0.309 e. The Kier molecular flexibility index (Phi) is 6.73. The predicted octanol–water partition coefficient (Wildman–Crippen LogP) is 13.2. The van der Waals surface area contributed by atoms with Crippen LogP contribution in [0.1, 0.15) is 0 Å². The Labute approximate surface area is 325 Å². The van der Waals surface area contributed by atoms with Gasteiger partial charge in [0, 0.05) is 64.2 Å². The summed E-state index contributed by atoms with van der Waals surface area (Å²) in [5, 5.41) is 12.7. The number of fused-ring (bicyclic) bond motifs is 10. The molecule has 0 radical (unpaired) electrons. The van der Waals surface area contributed by atoms with Gasteiger partial charge in [0.2, 0.25) is 0 Å². The molecule has 8 aromatic carbocycles. The molecule has 12 rings (SSSR count). The van der Waals surface area contributed by atoms with Crippen molar-refractivity contribution in [3.8, 4) is 39.8 Å². The lowest BCUT2D eigenvalue weighted by molar-refractivity contribution is 0.890. The van der Waals surface area contributed by atoms with E-state index in [0.29, 0.717) is 5.82 Å². The summed E-state index contributed by atoms with van der Waals surface area (Å²) in [7, 11) is 0. The lowest BCUT2D eigenvalue weighted by Crippen LogP contribution is -2.00. The normalized spacial score (nSPS) is 11.9. The zero-order valence-corrected chi connectivity index (χ0v) is 30.9. The van der Waals surface area contributed by atoms with Crippen molar-refractivity contribution in [3.05, 3.63) is 188 Å². The third kappa shape index (κ3) is 4.60. The average Bonchev–Trinajstić information content (AvgIpc) is 4.04. The Bertz CT molecular complexity index is 3480. The molecule has 0 aliphatic rings. The van der Waals surface area contributed by atoms with Crippen LogP contribution in [0.15, 0.2) is 188 Å². The number of thiophene rings is 1. The van der Waals surface area contributed by atoms with E-state index in [4.69, 9.17) is 10.1 Å². The molecule has 4 heterocycles. The van der Waals surface area contributed by atoms with E-state index in [9.17, 15) is 0 Å². The third-order valence-electron chi connectivity index (χ3n) is 11.1. The molecule has 0 atom stereocenters. The first kappa shape index (κ1) is 31.1. The molecule has 0 amide bonds. The molecule has 0 bridgehead atoms. The lowest BCUT2D eigenvalue weighted by Gasteiger charge is -2.13. The van der Waals surface area contributed by atoms with Gasteiger partial charge in [0.1, 0.15) is 0 Å². The second-order valence-electron chi connectivity index (χ2n) is 14.3. The van der Waals surface area contributed by atoms with E-state index in [1.807, 2.05) is 52.4 Å². The molecule has 0 aliphatic carbocycles. The van der Waals surface area contributed by atoms with Gasteiger partial charge in [-0.1, -0.05) is 127 Å². The molecule has 0 saturated heterocycles. The number of nitrogens with zero attached hydrogens (tertiary/aromatic N) is 5. The highest BCUT2D eigenvalue weighted by atomic mass is 32.1. The fourth-order valence-electron chi connectivity index (χ4n) is 8.63. The number of rotatable bonds is 5. The summed E-state index contributed by atoms with van der Waals surface area (Å²) >= 11 is 1.89. The van der Waals surface area contributed by atoms with Crippen LogP contribution in [-0.2, 0) is 0 Å². The van der Waals surface area contributed by atoms with Crippen LogP contribution < -0.4 is 0 Å². The maximum atomic E-state index is 5.17. The molecule has 5 nitrogen and oxygen atoms in total. The Morgan fingerprint density at radius 1 is 0.393 bits per heavy atom. The molecule has 56 heavy (non-hydrogen) atoms. The van der Waals surface area contributed by atoms with Gasteiger partial charge in [-0.3, -0.25) is 0 Å². The number of benzene rings is 8. The first-order valence-corrected chi connectivity index (χ1v) is 19.7. The highest BCUT2D eigenvalue weighted by molar-refractivity contribution is 7.26. The van der Waals surface area contributed by atoms with Crippen molar-refractivity contribution in [2.24, 2.45) is 0 Å². The van der Waals surface area contributed by atoms with Crippen LogP contribution in [0.4, 0.5) is 0 Å². The predicted molar refractivity (Wildman–Crippen MR) is 234 cm³/mol. The maximum absolute atomic E-state index is 5.17. The van der Waals surface area contributed by atoms with Crippen molar-refractivity contribution >= 4 is 75.1 Å². The van der Waals surface area contributed by atoms with E-state index in [1.165, 1.54) is 52.8 Å². The molecular weight excluding hydrogens is 703 g/mol. The monoisotopic (exact) mass is 733 g/mol. The second-order valence-corrected chi connectivity index (χ2v) is 15.3. The van der Waals surface area contributed by atoms with E-state index < -0.39 is 0 Å². The summed E-state index contributed by atoms with van der Waals surface area (Å²) < 4.78 is 9.45. The van der Waals surface area contributed by atoms with E-state index in [-0.39, 0.29) is 0 Å². The Balaban J connectivity index is 1.08. The first-order chi connectivity index (χ1) is 27.8. The topological polar surface area (TPSA) is 40.6 Å². The molecule has 4 aromatic heterocycles. The van der Waals surface area contributed by atoms with Crippen LogP contribution in [0.2, 0.25) is 0 Å². The van der Waals surface area contributed by atoms with Crippen LogP contribution >= 0.6 is 11.3 Å². The first-order valence-electron chi connectivity index (χ1n) is 18.8. The summed E-state index contributed by atoms with van der Waals surface area (Å²) in [5.41, 5.74) is 9.82. The number of hydrogen-bond acceptors (Lipinski definition) is 3. The van der Waals surface area contributed by atoms with Crippen LogP contribution in [0, 0.1) is 0 Å². The van der Waals surface area contributed by atoms with Crippen molar-refractivity contribution in [3.63, 3.8) is 0 Å². The van der Waals surface area contributed by atoms with Crippen LogP contribution in [0.25, 0.3) is 104 Å². The summed E-state index contributed by atoms with van der Waals surface area (Å²) in [4.78, 5) is 5.17. The summed E-state index contributed by atoms with van der Waals surface area (Å²) in [6.07, 6.45) is 0. The van der Waals surface area contributed by atoms with Crippen molar-refractivity contribution in [1.82, 2.24) is 23.9 Å². The van der Waals surface area contributed by atoms with Crippen LogP contribution in [0.3, 0.4) is 0 Å². The van der Waals surface area contributed by atoms with E-state index in [0.717, 1.165) is 45.0 Å². The minimum absolute atomic E-state index is 0.692. The van der Waals surface area contributed by atoms with Crippen LogP contribution in [0.5, 0.6) is 0 Å². The largest absolute Gasteiger partial charge is 0.309 e. The Hall–Kier alpha value is -7.28. The number of aromatic nitrogens is 5. The van der Waals surface area contributed by atoms with Gasteiger partial charge < -0.3 is 9.13 Å². The fraction of sp³-hybridized carbons (Fsp3) is 0. The molecule has 262 valence electrons. The van der Waals surface area contributed by atoms with Gasteiger partial charge in [-0.15, -0.1) is 16.4 Å². The molecule has 0 aliphatic heterocycles. The maximum Gasteiger partial charge on any atom is 0.182 e. The highest BCUT2D eigenvalue weighted by Crippen LogP contribution is 2.44. The summed E-state index contributed by atoms with van der Waals surface area (Å²) in [5.74, 6) is 1.48. The highest BCUT2D eigenvalue weighted by Gasteiger charge is 2.21. The Morgan fingerprint density at radius 2 is 1.00 bits per heavy atom. The summed E-state index contributed by atoms with van der Waals surface area (Å²) in [6.45, 7) is 0. The molecular formula is C50H31N5S. The van der Waals surface area contributed by atoms with E-state index in [2.05, 4.69) is 161 Å². The SMILES string of the molecule is c1ccc(-c2nc(-c3ccc4c5ccccc5n(-c5cccc(-n6c7ccccc7c7c8sc9ccccc9c8ccc76)c5)c4c3)n(-c3ccccc3)n2)cc1. The van der Waals surface area contributed by atoms with Gasteiger partial charge in [0.25, 0.3) is 0 Å². The van der Waals surface area contributed by atoms with Crippen LogP contribution in [-0.4, -0.2) is 23.9 Å². The molecule has 6 heteroatoms. The molecule has 12 aromatic rings. The molecule has 0 saturated carbocycles. The number of para-hydroxylation sites is 3. The zero-order valence-electron chi connectivity index (χ0n) is 30.0. The quantitative estimate of drug-likeness (QED) is 0.177. The van der Waals surface area contributed by atoms with Crippen molar-refractivity contribution in [1.29, 1.82) is 0 Å². The lowest BCUT2D eigenvalue weighted by atomic mass is 10.1. The summed E-state index contributed by atoms with van der Waals surface area (Å²) in [6, 6.07) is 67.0. The van der Waals surface area contributed by atoms with Gasteiger partial charge in [-0.2, -0.15) is 0 Å². The molecule has 0 fully saturated rings. The van der Waals surface area contributed by atoms with Gasteiger partial charge in [-0.25, -0.2) is 9.67 Å². The van der Waals surface area contributed by atoms with Crippen molar-refractivity contribution in [2.75, 3.05) is 0 Å². The van der Waals surface area contributed by atoms with Gasteiger partial charge in [0.15, 0.2) is 11.6 Å². The standard InChI is InChI=1S/C50H31N5S/c1-3-14-32(15-4-1)49-51-50(55(52-49)34-16-5-2-6-17-34)33-26-27-38-37-20-7-10-23-42(37)54(45(38)30-33)36-19-13-18-35(31-36)53-43-24-11-8-22-41(43)47-44(53)29-28-40-39-21-9-12-25-46(39)56-48(40)47/h1-31H. The minimum atomic E-state index is 0.692.